The number of nitriles is 1. The molecule has 0 saturated heterocycles. The minimum Gasteiger partial charge on any atom is -0.494 e. The van der Waals surface area contributed by atoms with Crippen molar-refractivity contribution < 1.29 is 19.9 Å². The van der Waals surface area contributed by atoms with Gasteiger partial charge < -0.3 is 19.8 Å². The van der Waals surface area contributed by atoms with Gasteiger partial charge in [-0.25, -0.2) is 0 Å². The number of methoxy groups -OCH3 is 1. The zero-order valence-electron chi connectivity index (χ0n) is 15.1. The van der Waals surface area contributed by atoms with Gasteiger partial charge in [-0.3, -0.25) is 10.1 Å². The molecular formula is C18H19N5O5. The molecular weight excluding hydrogens is 366 g/mol. The summed E-state index contributed by atoms with van der Waals surface area (Å²) in [5.74, 6) is 0.0724. The summed E-state index contributed by atoms with van der Waals surface area (Å²) in [5.41, 5.74) is 1.09. The monoisotopic (exact) mass is 385 g/mol. The molecule has 0 radical (unpaired) electrons. The van der Waals surface area contributed by atoms with Crippen LogP contribution >= 0.6 is 0 Å². The number of anilines is 1. The number of non-ortho nitro benzene ring substituents is 1. The number of aliphatic hydroxyl groups excluding tert-OH is 2. The van der Waals surface area contributed by atoms with Crippen molar-refractivity contribution in [2.45, 2.75) is 0 Å². The highest BCUT2D eigenvalue weighted by atomic mass is 16.6. The third-order valence-electron chi connectivity index (χ3n) is 3.83. The molecule has 0 unspecified atom stereocenters. The van der Waals surface area contributed by atoms with Crippen LogP contribution in [0.1, 0.15) is 5.56 Å². The largest absolute Gasteiger partial charge is 0.494 e. The fraction of sp³-hybridized carbons (Fsp3) is 0.278. The molecule has 2 aromatic rings. The van der Waals surface area contributed by atoms with Gasteiger partial charge in [0.1, 0.15) is 11.8 Å². The summed E-state index contributed by atoms with van der Waals surface area (Å²) in [4.78, 5) is 12.2. The van der Waals surface area contributed by atoms with Crippen molar-refractivity contribution >= 4 is 22.7 Å². The number of nitro benzene ring substituents is 1. The van der Waals surface area contributed by atoms with E-state index in [4.69, 9.17) is 14.9 Å². The summed E-state index contributed by atoms with van der Waals surface area (Å²) in [7, 11) is 1.32. The fourth-order valence-corrected chi connectivity index (χ4v) is 2.49. The summed E-state index contributed by atoms with van der Waals surface area (Å²) >= 11 is 0. The normalized spacial score (nSPS) is 10.6. The average Bonchev–Trinajstić information content (AvgIpc) is 2.71. The van der Waals surface area contributed by atoms with E-state index in [0.717, 1.165) is 11.8 Å². The first kappa shape index (κ1) is 20.8. The molecule has 0 spiro atoms. The van der Waals surface area contributed by atoms with E-state index in [-0.39, 0.29) is 35.9 Å². The Kier molecular flexibility index (Phi) is 7.38. The van der Waals surface area contributed by atoms with Gasteiger partial charge in [-0.05, 0) is 24.3 Å². The molecule has 0 aliphatic rings. The number of benzene rings is 2. The van der Waals surface area contributed by atoms with Gasteiger partial charge in [-0.1, -0.05) is 0 Å². The molecule has 0 fully saturated rings. The molecule has 10 nitrogen and oxygen atoms in total. The van der Waals surface area contributed by atoms with Gasteiger partial charge in [0.05, 0.1) is 42.6 Å². The Hall–Kier alpha value is -3.55. The summed E-state index contributed by atoms with van der Waals surface area (Å²) in [5, 5.41) is 46.5. The number of nitrogens with zero attached hydrogens (tertiary/aromatic N) is 5. The summed E-state index contributed by atoms with van der Waals surface area (Å²) in [6.45, 7) is 0.677. The lowest BCUT2D eigenvalue weighted by atomic mass is 10.1. The predicted molar refractivity (Wildman–Crippen MR) is 101 cm³/mol. The highest BCUT2D eigenvalue weighted by Crippen LogP contribution is 2.36. The van der Waals surface area contributed by atoms with Crippen LogP contribution in [-0.4, -0.2) is 48.5 Å². The van der Waals surface area contributed by atoms with Crippen LogP contribution in [0, 0.1) is 21.4 Å². The van der Waals surface area contributed by atoms with Gasteiger partial charge >= 0.3 is 0 Å². The van der Waals surface area contributed by atoms with Gasteiger partial charge in [-0.2, -0.15) is 10.4 Å². The molecule has 0 aliphatic heterocycles. The smallest absolute Gasteiger partial charge is 0.274 e. The lowest BCUT2D eigenvalue weighted by molar-refractivity contribution is -0.384. The Morgan fingerprint density at radius 2 is 1.82 bits per heavy atom. The lowest BCUT2D eigenvalue weighted by Gasteiger charge is -2.22. The van der Waals surface area contributed by atoms with E-state index in [9.17, 15) is 15.4 Å². The first-order valence-corrected chi connectivity index (χ1v) is 8.29. The first-order chi connectivity index (χ1) is 13.5. The van der Waals surface area contributed by atoms with Gasteiger partial charge in [0, 0.05) is 24.8 Å². The summed E-state index contributed by atoms with van der Waals surface area (Å²) in [6, 6.07) is 11.0. The zero-order chi connectivity index (χ0) is 20.5. The highest BCUT2D eigenvalue weighted by Gasteiger charge is 2.17. The molecule has 0 saturated carbocycles. The third kappa shape index (κ3) is 5.00. The van der Waals surface area contributed by atoms with Crippen molar-refractivity contribution in [1.82, 2.24) is 0 Å². The van der Waals surface area contributed by atoms with Gasteiger partial charge in [0.15, 0.2) is 5.75 Å². The molecule has 2 aromatic carbocycles. The second-order valence-corrected chi connectivity index (χ2v) is 5.56. The maximum atomic E-state index is 11.0. The Morgan fingerprint density at radius 1 is 1.18 bits per heavy atom. The van der Waals surface area contributed by atoms with E-state index < -0.39 is 4.92 Å². The Labute approximate surface area is 161 Å². The predicted octanol–water partition coefficient (Wildman–Crippen LogP) is 2.68. The van der Waals surface area contributed by atoms with Crippen LogP contribution in [0.4, 0.5) is 22.7 Å². The van der Waals surface area contributed by atoms with Crippen molar-refractivity contribution in [1.29, 1.82) is 5.26 Å². The third-order valence-corrected chi connectivity index (χ3v) is 3.83. The van der Waals surface area contributed by atoms with Crippen LogP contribution in [0.15, 0.2) is 46.6 Å². The van der Waals surface area contributed by atoms with Crippen LogP contribution in [0.3, 0.4) is 0 Å². The maximum absolute atomic E-state index is 11.0. The van der Waals surface area contributed by atoms with E-state index in [1.54, 1.807) is 24.3 Å². The molecule has 0 aromatic heterocycles. The number of hydrogen-bond donors (Lipinski definition) is 2. The second kappa shape index (κ2) is 9.96. The standard InChI is InChI=1S/C18H19N5O5/c1-28-17-11-16(23(26)27)10-13(12-19)18(17)21-20-14-2-4-15(5-3-14)22(6-8-24)7-9-25/h2-5,10-11,24-25H,6-9H2,1H3. The van der Waals surface area contributed by atoms with Crippen molar-refractivity contribution in [3.8, 4) is 11.8 Å². The molecule has 10 heteroatoms. The van der Waals surface area contributed by atoms with Crippen LogP contribution < -0.4 is 9.64 Å². The van der Waals surface area contributed by atoms with E-state index in [1.165, 1.54) is 13.2 Å². The van der Waals surface area contributed by atoms with Crippen molar-refractivity contribution in [3.05, 3.63) is 52.1 Å². The van der Waals surface area contributed by atoms with E-state index >= 15 is 0 Å². The summed E-state index contributed by atoms with van der Waals surface area (Å²) < 4.78 is 5.11. The van der Waals surface area contributed by atoms with Gasteiger partial charge in [-0.15, -0.1) is 5.11 Å². The minimum atomic E-state index is -0.618. The molecule has 2 N–H and O–H groups in total. The molecule has 0 heterocycles. The van der Waals surface area contributed by atoms with Crippen LogP contribution in [0.25, 0.3) is 0 Å². The number of aliphatic hydroxyl groups is 2. The van der Waals surface area contributed by atoms with Crippen molar-refractivity contribution in [3.63, 3.8) is 0 Å². The number of ether oxygens (including phenoxy) is 1. The average molecular weight is 385 g/mol. The van der Waals surface area contributed by atoms with E-state index in [2.05, 4.69) is 10.2 Å². The highest BCUT2D eigenvalue weighted by molar-refractivity contribution is 5.67. The molecule has 146 valence electrons. The summed E-state index contributed by atoms with van der Waals surface area (Å²) in [6.07, 6.45) is 0. The Balaban J connectivity index is 2.31. The number of azo groups is 1. The number of rotatable bonds is 9. The maximum Gasteiger partial charge on any atom is 0.274 e. The van der Waals surface area contributed by atoms with Crippen LogP contribution in [0.2, 0.25) is 0 Å². The quantitative estimate of drug-likeness (QED) is 0.383. The fourth-order valence-electron chi connectivity index (χ4n) is 2.49. The minimum absolute atomic E-state index is 0.0245. The molecule has 2 rings (SSSR count). The molecule has 0 amide bonds. The molecule has 0 aliphatic carbocycles. The van der Waals surface area contributed by atoms with Crippen molar-refractivity contribution in [2.24, 2.45) is 10.2 Å². The van der Waals surface area contributed by atoms with Crippen LogP contribution in [0.5, 0.6) is 5.75 Å². The number of nitro groups is 1. The molecule has 0 bridgehead atoms. The van der Waals surface area contributed by atoms with Gasteiger partial charge in [0.25, 0.3) is 5.69 Å². The SMILES string of the molecule is COc1cc([N+](=O)[O-])cc(C#N)c1N=Nc1ccc(N(CCO)CCO)cc1. The topological polar surface area (TPSA) is 145 Å². The van der Waals surface area contributed by atoms with Gasteiger partial charge in [0.2, 0.25) is 0 Å². The van der Waals surface area contributed by atoms with Crippen molar-refractivity contribution in [2.75, 3.05) is 38.3 Å². The van der Waals surface area contributed by atoms with E-state index in [0.29, 0.717) is 18.8 Å². The lowest BCUT2D eigenvalue weighted by Crippen LogP contribution is -2.29. The van der Waals surface area contributed by atoms with Crippen LogP contribution in [-0.2, 0) is 0 Å². The number of hydrogen-bond acceptors (Lipinski definition) is 9. The first-order valence-electron chi connectivity index (χ1n) is 8.29. The second-order valence-electron chi connectivity index (χ2n) is 5.56. The Bertz CT molecular complexity index is 886. The molecule has 28 heavy (non-hydrogen) atoms. The Morgan fingerprint density at radius 3 is 2.32 bits per heavy atom. The molecule has 0 atom stereocenters. The van der Waals surface area contributed by atoms with E-state index in [1.807, 2.05) is 11.0 Å². The zero-order valence-corrected chi connectivity index (χ0v) is 15.1.